The Bertz CT molecular complexity index is 225. The number of hydrogen-bond donors (Lipinski definition) is 0. The highest BCUT2D eigenvalue weighted by atomic mass is 16.8. The zero-order valence-corrected chi connectivity index (χ0v) is 10.1. The molecule has 0 aromatic rings. The lowest BCUT2D eigenvalue weighted by atomic mass is 9.83. The Morgan fingerprint density at radius 1 is 1.19 bits per heavy atom. The number of rotatable bonds is 4. The van der Waals surface area contributed by atoms with E-state index >= 15 is 0 Å². The van der Waals surface area contributed by atoms with Crippen molar-refractivity contribution in [3.05, 3.63) is 12.3 Å². The van der Waals surface area contributed by atoms with Crippen molar-refractivity contribution < 1.29 is 14.2 Å². The van der Waals surface area contributed by atoms with E-state index in [1.54, 1.807) is 6.26 Å². The molecule has 1 aliphatic carbocycles. The third kappa shape index (κ3) is 2.58. The molecule has 16 heavy (non-hydrogen) atoms. The first-order valence-corrected chi connectivity index (χ1v) is 6.38. The lowest BCUT2D eigenvalue weighted by Crippen LogP contribution is -2.44. The normalized spacial score (nSPS) is 26.3. The molecule has 0 atom stereocenters. The van der Waals surface area contributed by atoms with Gasteiger partial charge in [-0.2, -0.15) is 0 Å². The molecule has 0 bridgehead atoms. The average molecular weight is 226 g/mol. The molecule has 2 aliphatic rings. The quantitative estimate of drug-likeness (QED) is 0.690. The summed E-state index contributed by atoms with van der Waals surface area (Å²) in [7, 11) is 0. The summed E-state index contributed by atoms with van der Waals surface area (Å²) in [6.45, 7) is 3.89. The molecule has 3 nitrogen and oxygen atoms in total. The molecular weight excluding hydrogens is 204 g/mol. The molecule has 92 valence electrons. The minimum atomic E-state index is -0.458. The number of ether oxygens (including phenoxy) is 3. The summed E-state index contributed by atoms with van der Waals surface area (Å²) >= 11 is 0. The number of hydrogen-bond acceptors (Lipinski definition) is 3. The predicted molar refractivity (Wildman–Crippen MR) is 62.0 cm³/mol. The van der Waals surface area contributed by atoms with Gasteiger partial charge in [0, 0.05) is 5.92 Å². The van der Waals surface area contributed by atoms with Crippen molar-refractivity contribution in [1.82, 2.24) is 0 Å². The second kappa shape index (κ2) is 5.69. The van der Waals surface area contributed by atoms with Crippen molar-refractivity contribution in [3.63, 3.8) is 0 Å². The van der Waals surface area contributed by atoms with Gasteiger partial charge in [-0.15, -0.1) is 0 Å². The van der Waals surface area contributed by atoms with Gasteiger partial charge in [-0.1, -0.05) is 25.3 Å². The molecule has 3 heteroatoms. The summed E-state index contributed by atoms with van der Waals surface area (Å²) in [5.74, 6) is 0.0499. The van der Waals surface area contributed by atoms with E-state index in [1.165, 1.54) is 32.1 Å². The standard InChI is InChI=1S/C13H22O3/c1-2-8-14-11-13(15-9-10-16-13)12-6-4-3-5-7-12/h2,8,12H,3-7,9-11H2,1H3. The van der Waals surface area contributed by atoms with Gasteiger partial charge >= 0.3 is 0 Å². The van der Waals surface area contributed by atoms with Crippen LogP contribution in [0.5, 0.6) is 0 Å². The van der Waals surface area contributed by atoms with Crippen molar-refractivity contribution in [2.45, 2.75) is 44.8 Å². The zero-order chi connectivity index (χ0) is 11.3. The Labute approximate surface area is 97.8 Å². The molecule has 0 unspecified atom stereocenters. The second-order valence-electron chi connectivity index (χ2n) is 4.62. The van der Waals surface area contributed by atoms with Crippen LogP contribution in [-0.2, 0) is 14.2 Å². The molecule has 0 amide bonds. The van der Waals surface area contributed by atoms with Crippen LogP contribution in [0.2, 0.25) is 0 Å². The van der Waals surface area contributed by atoms with E-state index in [0.717, 1.165) is 0 Å². The Hall–Kier alpha value is -0.540. The molecule has 0 radical (unpaired) electrons. The van der Waals surface area contributed by atoms with Crippen molar-refractivity contribution >= 4 is 0 Å². The second-order valence-corrected chi connectivity index (χ2v) is 4.62. The predicted octanol–water partition coefficient (Wildman–Crippen LogP) is 2.86. The Balaban J connectivity index is 1.96. The van der Waals surface area contributed by atoms with Crippen LogP contribution in [0.1, 0.15) is 39.0 Å². The first kappa shape index (κ1) is 11.9. The maximum Gasteiger partial charge on any atom is 0.205 e. The van der Waals surface area contributed by atoms with Crippen molar-refractivity contribution in [2.24, 2.45) is 5.92 Å². The van der Waals surface area contributed by atoms with Gasteiger partial charge in [-0.05, 0) is 19.8 Å². The van der Waals surface area contributed by atoms with Crippen molar-refractivity contribution in [3.8, 4) is 0 Å². The topological polar surface area (TPSA) is 27.7 Å². The van der Waals surface area contributed by atoms with Crippen LogP contribution >= 0.6 is 0 Å². The fourth-order valence-corrected chi connectivity index (χ4v) is 2.71. The summed E-state index contributed by atoms with van der Waals surface area (Å²) < 4.78 is 17.2. The minimum absolute atomic E-state index is 0.458. The molecule has 0 spiro atoms. The SMILES string of the molecule is CC=COCC1(C2CCCCC2)OCCO1. The summed E-state index contributed by atoms with van der Waals surface area (Å²) in [5, 5.41) is 0. The first-order valence-electron chi connectivity index (χ1n) is 6.38. The average Bonchev–Trinajstić information content (AvgIpc) is 2.81. The van der Waals surface area contributed by atoms with E-state index in [9.17, 15) is 0 Å². The van der Waals surface area contributed by atoms with Gasteiger partial charge in [0.25, 0.3) is 0 Å². The molecular formula is C13H22O3. The molecule has 1 saturated carbocycles. The summed E-state index contributed by atoms with van der Waals surface area (Å²) in [6.07, 6.45) is 9.96. The van der Waals surface area contributed by atoms with E-state index in [4.69, 9.17) is 14.2 Å². The van der Waals surface area contributed by atoms with Crippen LogP contribution < -0.4 is 0 Å². The van der Waals surface area contributed by atoms with Crippen LogP contribution in [-0.4, -0.2) is 25.6 Å². The molecule has 0 N–H and O–H groups in total. The highest BCUT2D eigenvalue weighted by Crippen LogP contribution is 2.38. The monoisotopic (exact) mass is 226 g/mol. The summed E-state index contributed by atoms with van der Waals surface area (Å²) in [4.78, 5) is 0. The Morgan fingerprint density at radius 3 is 2.50 bits per heavy atom. The fourth-order valence-electron chi connectivity index (χ4n) is 2.71. The van der Waals surface area contributed by atoms with Gasteiger partial charge < -0.3 is 14.2 Å². The fraction of sp³-hybridized carbons (Fsp3) is 0.846. The lowest BCUT2D eigenvalue weighted by molar-refractivity contribution is -0.224. The van der Waals surface area contributed by atoms with E-state index in [1.807, 2.05) is 13.0 Å². The Kier molecular flexibility index (Phi) is 4.24. The van der Waals surface area contributed by atoms with E-state index in [2.05, 4.69) is 0 Å². The lowest BCUT2D eigenvalue weighted by Gasteiger charge is -2.37. The van der Waals surface area contributed by atoms with Gasteiger partial charge in [-0.3, -0.25) is 0 Å². The first-order chi connectivity index (χ1) is 7.87. The van der Waals surface area contributed by atoms with Crippen LogP contribution in [0.15, 0.2) is 12.3 Å². The van der Waals surface area contributed by atoms with Crippen LogP contribution in [0.4, 0.5) is 0 Å². The zero-order valence-electron chi connectivity index (χ0n) is 10.1. The third-order valence-corrected chi connectivity index (χ3v) is 3.52. The van der Waals surface area contributed by atoms with Crippen LogP contribution in [0, 0.1) is 5.92 Å². The summed E-state index contributed by atoms with van der Waals surface area (Å²) in [5.41, 5.74) is 0. The molecule has 2 rings (SSSR count). The molecule has 2 fully saturated rings. The Morgan fingerprint density at radius 2 is 1.88 bits per heavy atom. The minimum Gasteiger partial charge on any atom is -0.496 e. The molecule has 1 saturated heterocycles. The van der Waals surface area contributed by atoms with Crippen molar-refractivity contribution in [2.75, 3.05) is 19.8 Å². The van der Waals surface area contributed by atoms with E-state index in [-0.39, 0.29) is 0 Å². The maximum absolute atomic E-state index is 5.85. The van der Waals surface area contributed by atoms with Gasteiger partial charge in [0.1, 0.15) is 6.61 Å². The summed E-state index contributed by atoms with van der Waals surface area (Å²) in [6, 6.07) is 0. The maximum atomic E-state index is 5.85. The number of allylic oxidation sites excluding steroid dienone is 1. The van der Waals surface area contributed by atoms with Gasteiger partial charge in [0.15, 0.2) is 0 Å². The third-order valence-electron chi connectivity index (χ3n) is 3.52. The smallest absolute Gasteiger partial charge is 0.205 e. The van der Waals surface area contributed by atoms with Crippen molar-refractivity contribution in [1.29, 1.82) is 0 Å². The molecule has 0 aromatic carbocycles. The molecule has 1 heterocycles. The van der Waals surface area contributed by atoms with Crippen LogP contribution in [0.25, 0.3) is 0 Å². The van der Waals surface area contributed by atoms with E-state index < -0.39 is 5.79 Å². The van der Waals surface area contributed by atoms with Gasteiger partial charge in [-0.25, -0.2) is 0 Å². The van der Waals surface area contributed by atoms with Crippen LogP contribution in [0.3, 0.4) is 0 Å². The molecule has 0 aromatic heterocycles. The molecule has 1 aliphatic heterocycles. The van der Waals surface area contributed by atoms with Gasteiger partial charge in [0.05, 0.1) is 19.5 Å². The highest BCUT2D eigenvalue weighted by Gasteiger charge is 2.45. The highest BCUT2D eigenvalue weighted by molar-refractivity contribution is 4.86. The largest absolute Gasteiger partial charge is 0.496 e. The van der Waals surface area contributed by atoms with E-state index in [0.29, 0.717) is 25.7 Å². The van der Waals surface area contributed by atoms with Gasteiger partial charge in [0.2, 0.25) is 5.79 Å².